The second-order valence-corrected chi connectivity index (χ2v) is 4.88. The van der Waals surface area contributed by atoms with Gasteiger partial charge in [0.2, 0.25) is 5.91 Å². The van der Waals surface area contributed by atoms with E-state index in [1.54, 1.807) is 7.11 Å². The van der Waals surface area contributed by atoms with Crippen molar-refractivity contribution < 1.29 is 14.6 Å². The number of para-hydroxylation sites is 1. The first-order valence-corrected chi connectivity index (χ1v) is 6.61. The minimum atomic E-state index is -0.0696. The summed E-state index contributed by atoms with van der Waals surface area (Å²) in [5, 5.41) is 13.2. The highest BCUT2D eigenvalue weighted by molar-refractivity contribution is 5.86. The maximum absolute atomic E-state index is 12.0. The number of aromatic nitrogens is 1. The van der Waals surface area contributed by atoms with Gasteiger partial charge in [-0.2, -0.15) is 0 Å². The summed E-state index contributed by atoms with van der Waals surface area (Å²) in [6.45, 7) is 2.58. The molecule has 1 atom stereocenters. The molecule has 0 aliphatic rings. The lowest BCUT2D eigenvalue weighted by Crippen LogP contribution is -2.37. The quantitative estimate of drug-likeness (QED) is 0.835. The van der Waals surface area contributed by atoms with Crippen LogP contribution in [0.4, 0.5) is 0 Å². The Morgan fingerprint density at radius 1 is 1.45 bits per heavy atom. The van der Waals surface area contributed by atoms with Crippen molar-refractivity contribution >= 4 is 16.8 Å². The van der Waals surface area contributed by atoms with Crippen LogP contribution in [-0.4, -0.2) is 35.3 Å². The molecule has 0 spiro atoms. The highest BCUT2D eigenvalue weighted by Gasteiger charge is 2.11. The number of aliphatic hydroxyl groups is 1. The van der Waals surface area contributed by atoms with E-state index in [1.807, 2.05) is 42.0 Å². The number of nitrogens with one attached hydrogen (secondary N) is 1. The number of rotatable bonds is 6. The number of hydrogen-bond donors (Lipinski definition) is 2. The molecule has 0 bridgehead atoms. The Labute approximate surface area is 118 Å². The second-order valence-electron chi connectivity index (χ2n) is 4.88. The molecule has 0 saturated heterocycles. The van der Waals surface area contributed by atoms with Gasteiger partial charge in [0.1, 0.15) is 6.54 Å². The fourth-order valence-corrected chi connectivity index (χ4v) is 2.35. The SMILES string of the molecule is COCC(C)NC(=O)Cn1cc(CO)c2ccccc21. The summed E-state index contributed by atoms with van der Waals surface area (Å²) in [6, 6.07) is 7.72. The van der Waals surface area contributed by atoms with Gasteiger partial charge in [-0.3, -0.25) is 4.79 Å². The number of methoxy groups -OCH3 is 1. The molecule has 1 amide bonds. The Hall–Kier alpha value is -1.85. The number of carbonyl (C=O) groups is 1. The molecule has 0 fully saturated rings. The number of carbonyl (C=O) groups excluding carboxylic acids is 1. The van der Waals surface area contributed by atoms with Gasteiger partial charge in [0.25, 0.3) is 0 Å². The third kappa shape index (κ3) is 3.18. The maximum atomic E-state index is 12.0. The van der Waals surface area contributed by atoms with Crippen LogP contribution in [0.2, 0.25) is 0 Å². The minimum Gasteiger partial charge on any atom is -0.392 e. The summed E-state index contributed by atoms with van der Waals surface area (Å²) in [5.74, 6) is -0.0696. The predicted molar refractivity (Wildman–Crippen MR) is 77.3 cm³/mol. The van der Waals surface area contributed by atoms with Gasteiger partial charge in [-0.25, -0.2) is 0 Å². The molecule has 20 heavy (non-hydrogen) atoms. The molecule has 0 aliphatic carbocycles. The van der Waals surface area contributed by atoms with E-state index in [1.165, 1.54) is 0 Å². The second kappa shape index (κ2) is 6.54. The van der Waals surface area contributed by atoms with E-state index in [9.17, 15) is 9.90 Å². The van der Waals surface area contributed by atoms with E-state index in [0.717, 1.165) is 16.5 Å². The van der Waals surface area contributed by atoms with Crippen molar-refractivity contribution in [1.82, 2.24) is 9.88 Å². The summed E-state index contributed by atoms with van der Waals surface area (Å²) in [6.07, 6.45) is 1.82. The lowest BCUT2D eigenvalue weighted by molar-refractivity contribution is -0.122. The van der Waals surface area contributed by atoms with Crippen molar-refractivity contribution in [2.45, 2.75) is 26.1 Å². The van der Waals surface area contributed by atoms with Crippen molar-refractivity contribution in [3.8, 4) is 0 Å². The van der Waals surface area contributed by atoms with Crippen molar-refractivity contribution in [2.24, 2.45) is 0 Å². The molecule has 1 aromatic heterocycles. The van der Waals surface area contributed by atoms with Crippen LogP contribution < -0.4 is 5.32 Å². The highest BCUT2D eigenvalue weighted by atomic mass is 16.5. The van der Waals surface area contributed by atoms with E-state index in [4.69, 9.17) is 4.74 Å². The van der Waals surface area contributed by atoms with E-state index >= 15 is 0 Å². The normalized spacial score (nSPS) is 12.6. The van der Waals surface area contributed by atoms with Gasteiger partial charge in [0.05, 0.1) is 13.2 Å². The number of ether oxygens (including phenoxy) is 1. The van der Waals surface area contributed by atoms with E-state index in [2.05, 4.69) is 5.32 Å². The van der Waals surface area contributed by atoms with Gasteiger partial charge in [-0.1, -0.05) is 18.2 Å². The van der Waals surface area contributed by atoms with Gasteiger partial charge in [-0.15, -0.1) is 0 Å². The number of hydrogen-bond acceptors (Lipinski definition) is 3. The molecule has 1 aromatic carbocycles. The Bertz CT molecular complexity index is 592. The van der Waals surface area contributed by atoms with Gasteiger partial charge < -0.3 is 19.7 Å². The molecule has 0 saturated carbocycles. The number of amides is 1. The average Bonchev–Trinajstić information content (AvgIpc) is 2.77. The monoisotopic (exact) mass is 276 g/mol. The fraction of sp³-hybridized carbons (Fsp3) is 0.400. The summed E-state index contributed by atoms with van der Waals surface area (Å²) < 4.78 is 6.85. The van der Waals surface area contributed by atoms with Crippen LogP contribution in [0.1, 0.15) is 12.5 Å². The number of aliphatic hydroxyl groups excluding tert-OH is 1. The Kier molecular flexibility index (Phi) is 4.76. The van der Waals surface area contributed by atoms with Crippen molar-refractivity contribution in [1.29, 1.82) is 0 Å². The lowest BCUT2D eigenvalue weighted by atomic mass is 10.2. The van der Waals surface area contributed by atoms with Crippen molar-refractivity contribution in [2.75, 3.05) is 13.7 Å². The smallest absolute Gasteiger partial charge is 0.240 e. The third-order valence-electron chi connectivity index (χ3n) is 3.18. The lowest BCUT2D eigenvalue weighted by Gasteiger charge is -2.13. The van der Waals surface area contributed by atoms with E-state index in [-0.39, 0.29) is 25.1 Å². The molecule has 1 unspecified atom stereocenters. The van der Waals surface area contributed by atoms with Gasteiger partial charge in [-0.05, 0) is 13.0 Å². The van der Waals surface area contributed by atoms with Crippen LogP contribution in [0.3, 0.4) is 0 Å². The molecule has 5 nitrogen and oxygen atoms in total. The fourth-order valence-electron chi connectivity index (χ4n) is 2.35. The molecule has 5 heteroatoms. The zero-order valence-electron chi connectivity index (χ0n) is 11.8. The molecular formula is C15H20N2O3. The van der Waals surface area contributed by atoms with Gasteiger partial charge in [0.15, 0.2) is 0 Å². The molecular weight excluding hydrogens is 256 g/mol. The van der Waals surface area contributed by atoms with Crippen LogP contribution in [0.15, 0.2) is 30.5 Å². The predicted octanol–water partition coefficient (Wildman–Crippen LogP) is 1.28. The number of benzene rings is 1. The van der Waals surface area contributed by atoms with Gasteiger partial charge in [0, 0.05) is 35.8 Å². The largest absolute Gasteiger partial charge is 0.392 e. The first kappa shape index (κ1) is 14.6. The molecule has 0 radical (unpaired) electrons. The standard InChI is InChI=1S/C15H20N2O3/c1-11(10-20-2)16-15(19)8-17-7-12(9-18)13-5-3-4-6-14(13)17/h3-7,11,18H,8-10H2,1-2H3,(H,16,19). The Balaban J connectivity index is 2.15. The minimum absolute atomic E-state index is 0.0216. The van der Waals surface area contributed by atoms with Crippen LogP contribution >= 0.6 is 0 Å². The zero-order valence-corrected chi connectivity index (χ0v) is 11.8. The molecule has 2 N–H and O–H groups in total. The first-order chi connectivity index (χ1) is 9.65. The van der Waals surface area contributed by atoms with E-state index < -0.39 is 0 Å². The summed E-state index contributed by atoms with van der Waals surface area (Å²) in [7, 11) is 1.61. The van der Waals surface area contributed by atoms with Crippen LogP contribution in [0, 0.1) is 0 Å². The van der Waals surface area contributed by atoms with Gasteiger partial charge >= 0.3 is 0 Å². The molecule has 2 rings (SSSR count). The number of fused-ring (bicyclic) bond motifs is 1. The number of nitrogens with zero attached hydrogens (tertiary/aromatic N) is 1. The average molecular weight is 276 g/mol. The molecule has 0 aliphatic heterocycles. The van der Waals surface area contributed by atoms with Crippen LogP contribution in [-0.2, 0) is 22.7 Å². The third-order valence-corrected chi connectivity index (χ3v) is 3.18. The molecule has 108 valence electrons. The first-order valence-electron chi connectivity index (χ1n) is 6.61. The zero-order chi connectivity index (χ0) is 14.5. The van der Waals surface area contributed by atoms with E-state index in [0.29, 0.717) is 6.61 Å². The molecule has 2 aromatic rings. The van der Waals surface area contributed by atoms with Crippen molar-refractivity contribution in [3.05, 3.63) is 36.0 Å². The van der Waals surface area contributed by atoms with Crippen molar-refractivity contribution in [3.63, 3.8) is 0 Å². The Morgan fingerprint density at radius 2 is 2.20 bits per heavy atom. The Morgan fingerprint density at radius 3 is 2.90 bits per heavy atom. The van der Waals surface area contributed by atoms with Crippen LogP contribution in [0.25, 0.3) is 10.9 Å². The summed E-state index contributed by atoms with van der Waals surface area (Å²) in [4.78, 5) is 12.0. The topological polar surface area (TPSA) is 63.5 Å². The summed E-state index contributed by atoms with van der Waals surface area (Å²) in [5.41, 5.74) is 1.78. The van der Waals surface area contributed by atoms with Crippen LogP contribution in [0.5, 0.6) is 0 Å². The highest BCUT2D eigenvalue weighted by Crippen LogP contribution is 2.21. The summed E-state index contributed by atoms with van der Waals surface area (Å²) >= 11 is 0. The maximum Gasteiger partial charge on any atom is 0.240 e. The molecule has 1 heterocycles.